The van der Waals surface area contributed by atoms with Crippen molar-refractivity contribution in [3.8, 4) is 17.6 Å². The topological polar surface area (TPSA) is 184 Å². The number of ether oxygens (including phenoxy) is 3. The fourth-order valence-corrected chi connectivity index (χ4v) is 10.9. The number of aromatic amines is 1. The smallest absolute Gasteiger partial charge is 0.421 e. The lowest BCUT2D eigenvalue weighted by Gasteiger charge is -2.46. The van der Waals surface area contributed by atoms with E-state index < -0.39 is 65.0 Å². The number of fused-ring (bicyclic) bond motifs is 4. The summed E-state index contributed by atoms with van der Waals surface area (Å²) in [6.45, 7) is -0.232. The number of nitrogens with one attached hydrogen (secondary N) is 2. The van der Waals surface area contributed by atoms with Gasteiger partial charge in [0.05, 0.1) is 47.9 Å². The summed E-state index contributed by atoms with van der Waals surface area (Å²) in [6.07, 6.45) is 2.73. The minimum Gasteiger partial charge on any atom is -0.508 e. The molecule has 14 nitrogen and oxygen atoms in total. The monoisotopic (exact) mass is 913 g/mol. The number of anilines is 1. The van der Waals surface area contributed by atoms with E-state index in [0.29, 0.717) is 40.9 Å². The van der Waals surface area contributed by atoms with Crippen molar-refractivity contribution in [3.63, 3.8) is 0 Å². The van der Waals surface area contributed by atoms with Gasteiger partial charge in [-0.15, -0.1) is 0 Å². The number of carbonyl (C=O) groups is 4. The van der Waals surface area contributed by atoms with Crippen LogP contribution in [0.5, 0.6) is 5.75 Å². The molecule has 4 N–H and O–H groups in total. The van der Waals surface area contributed by atoms with E-state index in [-0.39, 0.29) is 36.8 Å². The van der Waals surface area contributed by atoms with E-state index in [9.17, 15) is 15.0 Å². The second-order valence-electron chi connectivity index (χ2n) is 18.0. The highest BCUT2D eigenvalue weighted by Gasteiger charge is 2.75. The molecule has 2 saturated heterocycles. The Morgan fingerprint density at radius 3 is 2.24 bits per heavy atom. The summed E-state index contributed by atoms with van der Waals surface area (Å²) in [5, 5.41) is 25.5. The number of phenols is 1. The Morgan fingerprint density at radius 2 is 1.53 bits per heavy atom. The first-order valence-corrected chi connectivity index (χ1v) is 23.1. The van der Waals surface area contributed by atoms with Crippen LogP contribution in [0.15, 0.2) is 127 Å². The predicted octanol–water partition coefficient (Wildman–Crippen LogP) is 7.47. The molecule has 3 aliphatic heterocycles. The Balaban J connectivity index is 1.23. The van der Waals surface area contributed by atoms with Gasteiger partial charge in [0.15, 0.2) is 0 Å². The number of aliphatic hydroxyl groups is 1. The summed E-state index contributed by atoms with van der Waals surface area (Å²) in [5.41, 5.74) is 0.821. The lowest BCUT2D eigenvalue weighted by Crippen LogP contribution is -2.55. The molecule has 3 amide bonds. The van der Waals surface area contributed by atoms with Crippen LogP contribution in [0.1, 0.15) is 90.4 Å². The van der Waals surface area contributed by atoms with Crippen LogP contribution >= 0.6 is 0 Å². The summed E-state index contributed by atoms with van der Waals surface area (Å²) in [6, 6.07) is 34.1. The van der Waals surface area contributed by atoms with Crippen molar-refractivity contribution in [2.45, 2.75) is 80.3 Å². The normalized spacial score (nSPS) is 24.1. The van der Waals surface area contributed by atoms with Gasteiger partial charge < -0.3 is 34.7 Å². The van der Waals surface area contributed by atoms with E-state index in [1.54, 1.807) is 30.3 Å². The van der Waals surface area contributed by atoms with E-state index in [4.69, 9.17) is 14.2 Å². The predicted molar refractivity (Wildman–Crippen MR) is 251 cm³/mol. The summed E-state index contributed by atoms with van der Waals surface area (Å²) in [7, 11) is 1.46. The molecule has 0 bridgehead atoms. The van der Waals surface area contributed by atoms with Crippen LogP contribution in [-0.2, 0) is 40.6 Å². The van der Waals surface area contributed by atoms with E-state index in [1.165, 1.54) is 19.2 Å². The van der Waals surface area contributed by atoms with Crippen LogP contribution in [0.2, 0.25) is 0 Å². The number of hydrogen-bond donors (Lipinski definition) is 4. The van der Waals surface area contributed by atoms with Crippen molar-refractivity contribution in [3.05, 3.63) is 161 Å². The first kappa shape index (κ1) is 44.5. The summed E-state index contributed by atoms with van der Waals surface area (Å²) >= 11 is 0. The maximum Gasteiger partial charge on any atom is 0.421 e. The number of nitrogens with zero attached hydrogens (tertiary/aromatic N) is 3. The van der Waals surface area contributed by atoms with Crippen LogP contribution < -0.4 is 10.2 Å². The number of benzene rings is 5. The van der Waals surface area contributed by atoms with Gasteiger partial charge in [-0.1, -0.05) is 110 Å². The third-order valence-electron chi connectivity index (χ3n) is 13.9. The van der Waals surface area contributed by atoms with Gasteiger partial charge in [0.25, 0.3) is 0 Å². The Morgan fingerprint density at radius 1 is 0.838 bits per heavy atom. The molecule has 6 atom stereocenters. The van der Waals surface area contributed by atoms with Crippen molar-refractivity contribution in [2.24, 2.45) is 5.92 Å². The molecule has 0 radical (unpaired) electrons. The molecule has 4 heterocycles. The SMILES string of the molecule is COCCOC(=O)N1C(=O)C2(c3cc(C#CC4(O)CCCCCC4)ccc31)C(C(=O)NCc1nc3ccccc3[nH]1)C1C(=O)OC(c3ccccc3)C(c3ccccc3)N1C2c1ccc(O)cc1. The third-order valence-corrected chi connectivity index (χ3v) is 13.9. The molecular weight excluding hydrogens is 863 g/mol. The number of hydrogen-bond acceptors (Lipinski definition) is 11. The first-order chi connectivity index (χ1) is 33.1. The first-order valence-electron chi connectivity index (χ1n) is 23.1. The number of imidazole rings is 1. The molecule has 1 saturated carbocycles. The van der Waals surface area contributed by atoms with Crippen molar-refractivity contribution in [1.82, 2.24) is 20.2 Å². The average molecular weight is 914 g/mol. The molecule has 10 rings (SSSR count). The maximum absolute atomic E-state index is 16.4. The number of esters is 1. The Kier molecular flexibility index (Phi) is 12.1. The van der Waals surface area contributed by atoms with Crippen molar-refractivity contribution in [1.29, 1.82) is 0 Å². The standard InChI is InChI=1S/C54H51N5O9/c1-66-30-31-67-52(64)58-42-25-20-34(26-29-53(65)27-12-2-3-13-28-53)32-39(42)54(51(58)63)44(49(61)55-33-43-56-40-18-10-11-19-41(40)57-43)46-50(62)68-47(36-16-8-5-9-17-36)45(35-14-6-4-7-15-35)59(46)48(54)37-21-23-38(60)24-22-37/h4-11,14-25,32,44-48,60,65H,2-3,12-13,27-28,30-31,33H2,1H3,(H,55,61)(H,56,57). The molecule has 68 heavy (non-hydrogen) atoms. The van der Waals surface area contributed by atoms with E-state index >= 15 is 14.4 Å². The number of methoxy groups -OCH3 is 1. The Bertz CT molecular complexity index is 2890. The molecule has 5 aromatic carbocycles. The molecule has 14 heteroatoms. The highest BCUT2D eigenvalue weighted by atomic mass is 16.6. The van der Waals surface area contributed by atoms with Gasteiger partial charge in [0.2, 0.25) is 11.8 Å². The van der Waals surface area contributed by atoms with E-state index in [2.05, 4.69) is 27.1 Å². The van der Waals surface area contributed by atoms with Crippen molar-refractivity contribution in [2.75, 3.05) is 25.2 Å². The minimum atomic E-state index is -2.08. The quantitative estimate of drug-likeness (QED) is 0.0489. The third kappa shape index (κ3) is 7.86. The number of imide groups is 1. The second kappa shape index (κ2) is 18.4. The van der Waals surface area contributed by atoms with E-state index in [1.807, 2.05) is 89.8 Å². The Hall–Kier alpha value is -7.31. The number of cyclic esters (lactones) is 1. The molecule has 6 aromatic rings. The number of carbonyl (C=O) groups excluding carboxylic acids is 4. The van der Waals surface area contributed by atoms with Gasteiger partial charge in [0.1, 0.15) is 41.3 Å². The number of aromatic nitrogens is 2. The van der Waals surface area contributed by atoms with Gasteiger partial charge >= 0.3 is 12.1 Å². The molecule has 1 aliphatic carbocycles. The molecule has 6 unspecified atom stereocenters. The molecule has 1 aromatic heterocycles. The zero-order valence-electron chi connectivity index (χ0n) is 37.5. The lowest BCUT2D eigenvalue weighted by molar-refractivity contribution is -0.178. The maximum atomic E-state index is 16.4. The number of amides is 3. The zero-order valence-corrected chi connectivity index (χ0v) is 37.5. The van der Waals surface area contributed by atoms with Crippen LogP contribution in [0, 0.1) is 17.8 Å². The molecule has 3 fully saturated rings. The number of H-pyrrole nitrogens is 1. The largest absolute Gasteiger partial charge is 0.508 e. The molecular formula is C54H51N5O9. The van der Waals surface area contributed by atoms with Crippen LogP contribution in [0.3, 0.4) is 0 Å². The van der Waals surface area contributed by atoms with Gasteiger partial charge in [-0.25, -0.2) is 14.7 Å². The van der Waals surface area contributed by atoms with Gasteiger partial charge in [-0.05, 0) is 90.4 Å². The summed E-state index contributed by atoms with van der Waals surface area (Å²) < 4.78 is 17.4. The minimum absolute atomic E-state index is 0.0483. The van der Waals surface area contributed by atoms with Crippen molar-refractivity contribution < 1.29 is 43.6 Å². The fraction of sp³-hybridized carbons (Fsp3) is 0.315. The van der Waals surface area contributed by atoms with Crippen LogP contribution in [0.4, 0.5) is 10.5 Å². The second-order valence-corrected chi connectivity index (χ2v) is 18.0. The van der Waals surface area contributed by atoms with Crippen LogP contribution in [-0.4, -0.2) is 80.9 Å². The highest BCUT2D eigenvalue weighted by Crippen LogP contribution is 2.66. The zero-order chi connectivity index (χ0) is 47.0. The van der Waals surface area contributed by atoms with Gasteiger partial charge in [-0.2, -0.15) is 0 Å². The number of morpholine rings is 1. The van der Waals surface area contributed by atoms with E-state index in [0.717, 1.165) is 41.7 Å². The molecule has 346 valence electrons. The van der Waals surface area contributed by atoms with Crippen molar-refractivity contribution >= 4 is 40.6 Å². The summed E-state index contributed by atoms with van der Waals surface area (Å²) in [5.74, 6) is 2.93. The van der Waals surface area contributed by atoms with Crippen LogP contribution in [0.25, 0.3) is 11.0 Å². The fourth-order valence-electron chi connectivity index (χ4n) is 10.9. The average Bonchev–Trinajstić information content (AvgIpc) is 3.94. The molecule has 4 aliphatic rings. The van der Waals surface area contributed by atoms with Gasteiger partial charge in [-0.3, -0.25) is 19.3 Å². The highest BCUT2D eigenvalue weighted by molar-refractivity contribution is 6.23. The number of para-hydroxylation sites is 2. The summed E-state index contributed by atoms with van der Waals surface area (Å²) in [4.78, 5) is 72.8. The molecule has 1 spiro atoms. The number of rotatable bonds is 9. The lowest BCUT2D eigenvalue weighted by atomic mass is 9.65. The number of phenolic OH excluding ortho intramolecular Hbond substituents is 1. The number of aromatic hydroxyl groups is 1. The Labute approximate surface area is 393 Å². The van der Waals surface area contributed by atoms with Gasteiger partial charge in [0, 0.05) is 12.7 Å².